The predicted molar refractivity (Wildman–Crippen MR) is 84.8 cm³/mol. The molecule has 4 heteroatoms. The number of benzene rings is 1. The van der Waals surface area contributed by atoms with Crippen molar-refractivity contribution in [3.05, 3.63) is 35.6 Å². The van der Waals surface area contributed by atoms with E-state index in [-0.39, 0.29) is 18.3 Å². The first-order chi connectivity index (χ1) is 10.7. The van der Waals surface area contributed by atoms with Crippen LogP contribution in [0, 0.1) is 17.7 Å². The normalized spacial score (nSPS) is 25.0. The first-order valence-corrected chi connectivity index (χ1v) is 8.43. The smallest absolute Gasteiger partial charge is 0.221 e. The SMILES string of the molecule is O=C(CCN1C[C@H]2CCC[C@@H](C2)C1)NCc1ccccc1F. The van der Waals surface area contributed by atoms with Crippen LogP contribution < -0.4 is 5.32 Å². The van der Waals surface area contributed by atoms with Gasteiger partial charge in [0.05, 0.1) is 0 Å². The highest BCUT2D eigenvalue weighted by Gasteiger charge is 2.30. The summed E-state index contributed by atoms with van der Waals surface area (Å²) in [4.78, 5) is 14.4. The predicted octanol–water partition coefficient (Wildman–Crippen LogP) is 2.95. The maximum Gasteiger partial charge on any atom is 0.221 e. The lowest BCUT2D eigenvalue weighted by atomic mass is 9.78. The third kappa shape index (κ3) is 4.07. The minimum absolute atomic E-state index is 0.0129. The topological polar surface area (TPSA) is 32.3 Å². The first kappa shape index (κ1) is 15.5. The molecule has 0 spiro atoms. The molecule has 0 aromatic heterocycles. The zero-order chi connectivity index (χ0) is 15.4. The van der Waals surface area contributed by atoms with E-state index in [1.54, 1.807) is 18.2 Å². The Morgan fingerprint density at radius 3 is 2.68 bits per heavy atom. The van der Waals surface area contributed by atoms with Gasteiger partial charge in [0.1, 0.15) is 5.82 Å². The van der Waals surface area contributed by atoms with E-state index in [1.807, 2.05) is 0 Å². The molecule has 120 valence electrons. The monoisotopic (exact) mass is 304 g/mol. The zero-order valence-corrected chi connectivity index (χ0v) is 13.1. The molecular weight excluding hydrogens is 279 g/mol. The van der Waals surface area contributed by atoms with Crippen molar-refractivity contribution in [2.24, 2.45) is 11.8 Å². The molecule has 0 radical (unpaired) electrons. The van der Waals surface area contributed by atoms with Crippen LogP contribution in [0.5, 0.6) is 0 Å². The van der Waals surface area contributed by atoms with Gasteiger partial charge in [-0.05, 0) is 37.2 Å². The molecule has 1 heterocycles. The van der Waals surface area contributed by atoms with E-state index in [1.165, 1.54) is 31.7 Å². The van der Waals surface area contributed by atoms with E-state index in [0.717, 1.165) is 31.5 Å². The van der Waals surface area contributed by atoms with Crippen LogP contribution in [0.2, 0.25) is 0 Å². The Balaban J connectivity index is 1.40. The standard InChI is InChI=1S/C18H25FN2O/c19-17-7-2-1-6-16(17)11-20-18(22)8-9-21-12-14-4-3-5-15(10-14)13-21/h1-2,6-7,14-15H,3-5,8-13H2,(H,20,22)/t14-,15-/m0/s1. The summed E-state index contributed by atoms with van der Waals surface area (Å²) in [5, 5.41) is 2.82. The molecule has 1 saturated carbocycles. The van der Waals surface area contributed by atoms with Gasteiger partial charge >= 0.3 is 0 Å². The Morgan fingerprint density at radius 1 is 1.23 bits per heavy atom. The highest BCUT2D eigenvalue weighted by Crippen LogP contribution is 2.34. The zero-order valence-electron chi connectivity index (χ0n) is 13.1. The van der Waals surface area contributed by atoms with Crippen molar-refractivity contribution in [3.8, 4) is 0 Å². The van der Waals surface area contributed by atoms with Gasteiger partial charge in [0, 0.05) is 38.2 Å². The summed E-state index contributed by atoms with van der Waals surface area (Å²) in [6.07, 6.45) is 5.98. The molecule has 2 atom stereocenters. The number of likely N-dealkylation sites (tertiary alicyclic amines) is 1. The van der Waals surface area contributed by atoms with E-state index >= 15 is 0 Å². The molecule has 2 bridgehead atoms. The summed E-state index contributed by atoms with van der Waals surface area (Å²) in [6, 6.07) is 6.58. The molecular formula is C18H25FN2O. The Hall–Kier alpha value is -1.42. The second-order valence-electron chi connectivity index (χ2n) is 6.78. The molecule has 0 unspecified atom stereocenters. The molecule has 3 rings (SSSR count). The van der Waals surface area contributed by atoms with Gasteiger partial charge in [-0.1, -0.05) is 24.6 Å². The second-order valence-corrected chi connectivity index (χ2v) is 6.78. The first-order valence-electron chi connectivity index (χ1n) is 8.43. The molecule has 1 aliphatic heterocycles. The van der Waals surface area contributed by atoms with Gasteiger partial charge in [0.15, 0.2) is 0 Å². The Morgan fingerprint density at radius 2 is 1.95 bits per heavy atom. The summed E-state index contributed by atoms with van der Waals surface area (Å²) < 4.78 is 13.5. The van der Waals surface area contributed by atoms with E-state index in [2.05, 4.69) is 10.2 Å². The third-order valence-corrected chi connectivity index (χ3v) is 5.01. The molecule has 1 aromatic rings. The number of carbonyl (C=O) groups is 1. The molecule has 2 fully saturated rings. The van der Waals surface area contributed by atoms with Crippen LogP contribution in [-0.2, 0) is 11.3 Å². The summed E-state index contributed by atoms with van der Waals surface area (Å²) in [5.41, 5.74) is 0.545. The highest BCUT2D eigenvalue weighted by atomic mass is 19.1. The number of fused-ring (bicyclic) bond motifs is 2. The minimum atomic E-state index is -0.258. The Bertz CT molecular complexity index is 508. The van der Waals surface area contributed by atoms with Crippen molar-refractivity contribution in [1.29, 1.82) is 0 Å². The third-order valence-electron chi connectivity index (χ3n) is 5.01. The van der Waals surface area contributed by atoms with Crippen molar-refractivity contribution in [2.45, 2.75) is 38.6 Å². The van der Waals surface area contributed by atoms with Crippen LogP contribution in [0.1, 0.15) is 37.7 Å². The molecule has 1 saturated heterocycles. The average molecular weight is 304 g/mol. The fraction of sp³-hybridized carbons (Fsp3) is 0.611. The number of hydrogen-bond donors (Lipinski definition) is 1. The largest absolute Gasteiger partial charge is 0.352 e. The molecule has 2 aliphatic rings. The molecule has 1 amide bonds. The van der Waals surface area contributed by atoms with E-state index in [9.17, 15) is 9.18 Å². The lowest BCUT2D eigenvalue weighted by Crippen LogP contribution is -2.43. The quantitative estimate of drug-likeness (QED) is 0.907. The van der Waals surface area contributed by atoms with Crippen molar-refractivity contribution < 1.29 is 9.18 Å². The number of halogens is 1. The van der Waals surface area contributed by atoms with E-state index in [4.69, 9.17) is 0 Å². The van der Waals surface area contributed by atoms with Gasteiger partial charge in [-0.15, -0.1) is 0 Å². The number of hydrogen-bond acceptors (Lipinski definition) is 2. The number of rotatable bonds is 5. The van der Waals surface area contributed by atoms with Crippen LogP contribution in [0.3, 0.4) is 0 Å². The van der Waals surface area contributed by atoms with Crippen LogP contribution in [0.4, 0.5) is 4.39 Å². The van der Waals surface area contributed by atoms with Crippen LogP contribution >= 0.6 is 0 Å². The molecule has 1 aliphatic carbocycles. The minimum Gasteiger partial charge on any atom is -0.352 e. The molecule has 1 N–H and O–H groups in total. The fourth-order valence-electron chi connectivity index (χ4n) is 3.90. The van der Waals surface area contributed by atoms with E-state index in [0.29, 0.717) is 12.0 Å². The summed E-state index contributed by atoms with van der Waals surface area (Å²) in [6.45, 7) is 3.40. The maximum absolute atomic E-state index is 13.5. The maximum atomic E-state index is 13.5. The Labute approximate surface area is 131 Å². The summed E-state index contributed by atoms with van der Waals surface area (Å²) >= 11 is 0. The van der Waals surface area contributed by atoms with Crippen LogP contribution in [0.15, 0.2) is 24.3 Å². The van der Waals surface area contributed by atoms with Gasteiger partial charge in [0.25, 0.3) is 0 Å². The van der Waals surface area contributed by atoms with Crippen LogP contribution in [0.25, 0.3) is 0 Å². The van der Waals surface area contributed by atoms with Crippen molar-refractivity contribution in [2.75, 3.05) is 19.6 Å². The Kier molecular flexibility index (Phi) is 5.08. The van der Waals surface area contributed by atoms with Gasteiger partial charge in [-0.25, -0.2) is 4.39 Å². The number of nitrogens with one attached hydrogen (secondary N) is 1. The van der Waals surface area contributed by atoms with Crippen molar-refractivity contribution >= 4 is 5.91 Å². The lowest BCUT2D eigenvalue weighted by molar-refractivity contribution is -0.121. The van der Waals surface area contributed by atoms with Gasteiger partial charge < -0.3 is 10.2 Å². The van der Waals surface area contributed by atoms with Crippen molar-refractivity contribution in [1.82, 2.24) is 10.2 Å². The molecule has 22 heavy (non-hydrogen) atoms. The summed E-state index contributed by atoms with van der Waals surface area (Å²) in [7, 11) is 0. The van der Waals surface area contributed by atoms with Gasteiger partial charge in [-0.3, -0.25) is 4.79 Å². The number of piperidine rings is 1. The number of carbonyl (C=O) groups excluding carboxylic acids is 1. The molecule has 3 nitrogen and oxygen atoms in total. The van der Waals surface area contributed by atoms with Gasteiger partial charge in [0.2, 0.25) is 5.91 Å². The van der Waals surface area contributed by atoms with Crippen molar-refractivity contribution in [3.63, 3.8) is 0 Å². The molecule has 1 aromatic carbocycles. The lowest BCUT2D eigenvalue weighted by Gasteiger charge is -2.41. The number of nitrogens with zero attached hydrogens (tertiary/aromatic N) is 1. The summed E-state index contributed by atoms with van der Waals surface area (Å²) in [5.74, 6) is 1.44. The average Bonchev–Trinajstić information content (AvgIpc) is 2.52. The van der Waals surface area contributed by atoms with E-state index < -0.39 is 0 Å². The fourth-order valence-corrected chi connectivity index (χ4v) is 3.90. The second kappa shape index (κ2) is 7.23. The number of amides is 1. The highest BCUT2D eigenvalue weighted by molar-refractivity contribution is 5.76. The van der Waals surface area contributed by atoms with Crippen LogP contribution in [-0.4, -0.2) is 30.4 Å². The van der Waals surface area contributed by atoms with Gasteiger partial charge in [-0.2, -0.15) is 0 Å².